The van der Waals surface area contributed by atoms with E-state index in [-0.39, 0.29) is 29.7 Å². The number of thioether (sulfide) groups is 1. The highest BCUT2D eigenvalue weighted by Crippen LogP contribution is 2.26. The first-order chi connectivity index (χ1) is 19.4. The van der Waals surface area contributed by atoms with Gasteiger partial charge < -0.3 is 15.5 Å². The maximum atomic E-state index is 12.7. The highest BCUT2D eigenvalue weighted by Gasteiger charge is 2.42. The van der Waals surface area contributed by atoms with Gasteiger partial charge in [-0.3, -0.25) is 19.3 Å². The third kappa shape index (κ3) is 10.7. The lowest BCUT2D eigenvalue weighted by Gasteiger charge is -2.22. The molecule has 222 valence electrons. The molecule has 0 aromatic heterocycles. The number of fused-ring (bicyclic) bond motifs is 1. The SMILES string of the molecule is CC(C)=CCCC(C)=CCCC(C)=CCSC[C@H](NC(=O)CC[C@H](C(=O)O)N1C(=O)c2ccccc2C1=O)C(=O)O. The number of carbonyl (C=O) groups is 5. The predicted molar refractivity (Wildman–Crippen MR) is 160 cm³/mol. The van der Waals surface area contributed by atoms with Crippen LogP contribution in [0.4, 0.5) is 0 Å². The van der Waals surface area contributed by atoms with Crippen molar-refractivity contribution in [1.82, 2.24) is 10.2 Å². The number of benzene rings is 1. The quantitative estimate of drug-likeness (QED) is 0.128. The van der Waals surface area contributed by atoms with Gasteiger partial charge in [-0.25, -0.2) is 9.59 Å². The Bertz CT molecular complexity index is 1200. The van der Waals surface area contributed by atoms with E-state index in [9.17, 15) is 34.2 Å². The lowest BCUT2D eigenvalue weighted by molar-refractivity contribution is -0.143. The molecule has 41 heavy (non-hydrogen) atoms. The Balaban J connectivity index is 1.81. The Morgan fingerprint density at radius 3 is 1.95 bits per heavy atom. The van der Waals surface area contributed by atoms with Crippen LogP contribution in [0.15, 0.2) is 59.2 Å². The number of nitrogens with one attached hydrogen (secondary N) is 1. The van der Waals surface area contributed by atoms with Crippen molar-refractivity contribution in [1.29, 1.82) is 0 Å². The predicted octanol–water partition coefficient (Wildman–Crippen LogP) is 5.24. The highest BCUT2D eigenvalue weighted by atomic mass is 32.2. The van der Waals surface area contributed by atoms with Gasteiger partial charge in [0.15, 0.2) is 0 Å². The number of carbonyl (C=O) groups excluding carboxylic acids is 3. The molecule has 10 heteroatoms. The van der Waals surface area contributed by atoms with Crippen LogP contribution in [-0.4, -0.2) is 68.4 Å². The zero-order valence-electron chi connectivity index (χ0n) is 24.1. The third-order valence-electron chi connectivity index (χ3n) is 6.66. The second-order valence-electron chi connectivity index (χ2n) is 10.4. The molecule has 0 spiro atoms. The molecule has 0 radical (unpaired) electrons. The molecule has 0 saturated heterocycles. The Morgan fingerprint density at radius 1 is 0.854 bits per heavy atom. The fraction of sp³-hybridized carbons (Fsp3) is 0.452. The first-order valence-corrected chi connectivity index (χ1v) is 14.8. The molecule has 1 heterocycles. The maximum absolute atomic E-state index is 12.7. The molecule has 3 N–H and O–H groups in total. The Kier molecular flexibility index (Phi) is 13.6. The van der Waals surface area contributed by atoms with E-state index in [2.05, 4.69) is 44.3 Å². The molecule has 0 aliphatic carbocycles. The molecule has 0 saturated carbocycles. The van der Waals surface area contributed by atoms with Crippen molar-refractivity contribution in [2.45, 2.75) is 78.3 Å². The van der Waals surface area contributed by atoms with Gasteiger partial charge >= 0.3 is 11.9 Å². The summed E-state index contributed by atoms with van der Waals surface area (Å²) in [4.78, 5) is 62.1. The van der Waals surface area contributed by atoms with Gasteiger partial charge in [0.05, 0.1) is 11.1 Å². The van der Waals surface area contributed by atoms with Crippen molar-refractivity contribution in [2.75, 3.05) is 11.5 Å². The third-order valence-corrected chi connectivity index (χ3v) is 7.63. The fourth-order valence-electron chi connectivity index (χ4n) is 4.29. The van der Waals surface area contributed by atoms with Crippen LogP contribution >= 0.6 is 11.8 Å². The van der Waals surface area contributed by atoms with Crippen molar-refractivity contribution in [3.63, 3.8) is 0 Å². The van der Waals surface area contributed by atoms with Crippen LogP contribution in [0.5, 0.6) is 0 Å². The fourth-order valence-corrected chi connectivity index (χ4v) is 5.29. The molecule has 0 unspecified atom stereocenters. The summed E-state index contributed by atoms with van der Waals surface area (Å²) < 4.78 is 0. The van der Waals surface area contributed by atoms with E-state index < -0.39 is 41.7 Å². The first-order valence-electron chi connectivity index (χ1n) is 13.7. The summed E-state index contributed by atoms with van der Waals surface area (Å²) in [6.07, 6.45) is 9.79. The van der Waals surface area contributed by atoms with Crippen molar-refractivity contribution in [3.8, 4) is 0 Å². The molecule has 9 nitrogen and oxygen atoms in total. The van der Waals surface area contributed by atoms with Crippen molar-refractivity contribution < 1.29 is 34.2 Å². The number of rotatable bonds is 17. The molecule has 2 rings (SSSR count). The smallest absolute Gasteiger partial charge is 0.327 e. The summed E-state index contributed by atoms with van der Waals surface area (Å²) in [5.74, 6) is -4.02. The largest absolute Gasteiger partial charge is 0.480 e. The minimum absolute atomic E-state index is 0.113. The highest BCUT2D eigenvalue weighted by molar-refractivity contribution is 7.99. The monoisotopic (exact) mass is 584 g/mol. The maximum Gasteiger partial charge on any atom is 0.327 e. The van der Waals surface area contributed by atoms with Gasteiger partial charge in [0.25, 0.3) is 11.8 Å². The van der Waals surface area contributed by atoms with Crippen LogP contribution in [0.1, 0.15) is 86.9 Å². The van der Waals surface area contributed by atoms with E-state index in [0.29, 0.717) is 10.7 Å². The van der Waals surface area contributed by atoms with Crippen LogP contribution in [0.25, 0.3) is 0 Å². The van der Waals surface area contributed by atoms with E-state index in [0.717, 1.165) is 25.7 Å². The molecule has 2 atom stereocenters. The van der Waals surface area contributed by atoms with Crippen LogP contribution in [0, 0.1) is 0 Å². The van der Waals surface area contributed by atoms with E-state index in [4.69, 9.17) is 0 Å². The molecule has 3 amide bonds. The van der Waals surface area contributed by atoms with Gasteiger partial charge in [0.2, 0.25) is 5.91 Å². The van der Waals surface area contributed by atoms with E-state index in [1.165, 1.54) is 40.6 Å². The number of allylic oxidation sites excluding steroid dienone is 5. The molecule has 1 aromatic rings. The Labute approximate surface area is 245 Å². The second-order valence-corrected chi connectivity index (χ2v) is 11.4. The summed E-state index contributed by atoms with van der Waals surface area (Å²) in [7, 11) is 0. The minimum atomic E-state index is -1.55. The zero-order chi connectivity index (χ0) is 30.5. The first kappa shape index (κ1) is 33.5. The van der Waals surface area contributed by atoms with Gasteiger partial charge in [-0.15, -0.1) is 0 Å². The van der Waals surface area contributed by atoms with Gasteiger partial charge in [0, 0.05) is 17.9 Å². The standard InChI is InChI=1S/C31H40N2O7S/c1-20(2)9-7-10-21(3)11-8-12-22(4)17-18-41-19-25(30(37)38)32-27(34)16-15-26(31(39)40)33-28(35)23-13-5-6-14-24(23)29(33)36/h5-6,9,11,13-14,17,25-26H,7-8,10,12,15-16,18-19H2,1-4H3,(H,32,34)(H,37,38)(H,39,40)/t25-,26+/m0/s1. The summed E-state index contributed by atoms with van der Waals surface area (Å²) in [5.41, 5.74) is 4.12. The topological polar surface area (TPSA) is 141 Å². The van der Waals surface area contributed by atoms with E-state index in [1.54, 1.807) is 12.1 Å². The molecular formula is C31H40N2O7S. The van der Waals surface area contributed by atoms with Gasteiger partial charge in [-0.2, -0.15) is 11.8 Å². The number of carboxylic acid groups (broad SMARTS) is 2. The van der Waals surface area contributed by atoms with Gasteiger partial charge in [-0.1, -0.05) is 47.1 Å². The number of imide groups is 1. The summed E-state index contributed by atoms with van der Waals surface area (Å²) in [6.45, 7) is 8.37. The molecule has 1 aromatic carbocycles. The molecule has 0 fully saturated rings. The lowest BCUT2D eigenvalue weighted by Crippen LogP contribution is -2.46. The molecule has 1 aliphatic heterocycles. The summed E-state index contributed by atoms with van der Waals surface area (Å²) in [6, 6.07) is 3.33. The number of hydrogen-bond donors (Lipinski definition) is 3. The Morgan fingerprint density at radius 2 is 1.41 bits per heavy atom. The van der Waals surface area contributed by atoms with Crippen LogP contribution in [0.2, 0.25) is 0 Å². The molecular weight excluding hydrogens is 544 g/mol. The number of aliphatic carboxylic acids is 2. The van der Waals surface area contributed by atoms with Crippen molar-refractivity contribution >= 4 is 41.4 Å². The second kappa shape index (κ2) is 16.6. The number of carboxylic acids is 2. The minimum Gasteiger partial charge on any atom is -0.480 e. The van der Waals surface area contributed by atoms with Gasteiger partial charge in [-0.05, 0) is 71.9 Å². The Hall–Kier alpha value is -3.66. The number of amides is 3. The normalized spacial score (nSPS) is 14.9. The van der Waals surface area contributed by atoms with Crippen molar-refractivity contribution in [3.05, 3.63) is 70.3 Å². The number of hydrogen-bond acceptors (Lipinski definition) is 6. The average molecular weight is 585 g/mol. The van der Waals surface area contributed by atoms with Crippen LogP contribution < -0.4 is 5.32 Å². The number of nitrogens with zero attached hydrogens (tertiary/aromatic N) is 1. The summed E-state index contributed by atoms with van der Waals surface area (Å²) in [5, 5.41) is 21.6. The molecule has 0 bridgehead atoms. The van der Waals surface area contributed by atoms with Crippen molar-refractivity contribution in [2.24, 2.45) is 0 Å². The van der Waals surface area contributed by atoms with E-state index >= 15 is 0 Å². The summed E-state index contributed by atoms with van der Waals surface area (Å²) >= 11 is 1.37. The van der Waals surface area contributed by atoms with Crippen LogP contribution in [0.3, 0.4) is 0 Å². The van der Waals surface area contributed by atoms with E-state index in [1.807, 2.05) is 6.92 Å². The average Bonchev–Trinajstić information content (AvgIpc) is 3.15. The van der Waals surface area contributed by atoms with Gasteiger partial charge in [0.1, 0.15) is 12.1 Å². The lowest BCUT2D eigenvalue weighted by atomic mass is 10.1. The van der Waals surface area contributed by atoms with Crippen LogP contribution in [-0.2, 0) is 14.4 Å². The molecule has 1 aliphatic rings. The zero-order valence-corrected chi connectivity index (χ0v) is 25.0.